The fraction of sp³-hybridized carbons (Fsp3) is 0.333. The van der Waals surface area contributed by atoms with Crippen LogP contribution in [0.2, 0.25) is 0 Å². The summed E-state index contributed by atoms with van der Waals surface area (Å²) in [5, 5.41) is 31.5. The van der Waals surface area contributed by atoms with E-state index in [4.69, 9.17) is 5.11 Å². The molecule has 1 aromatic carbocycles. The molecule has 0 heterocycles. The number of anilines is 1. The second kappa shape index (κ2) is 6.66. The highest BCUT2D eigenvalue weighted by Crippen LogP contribution is 2.29. The maximum absolute atomic E-state index is 10.6. The SMILES string of the molecule is O=[N+]([O-])c1cc(I)c(NCC(O)CO)c(I)c1. The smallest absolute Gasteiger partial charge is 0.271 e. The number of halogens is 2. The van der Waals surface area contributed by atoms with E-state index >= 15 is 0 Å². The second-order valence-corrected chi connectivity index (χ2v) is 5.58. The van der Waals surface area contributed by atoms with Gasteiger partial charge >= 0.3 is 0 Å². The number of nitrogens with zero attached hydrogens (tertiary/aromatic N) is 1. The third kappa shape index (κ3) is 4.19. The quantitative estimate of drug-likeness (QED) is 0.350. The van der Waals surface area contributed by atoms with Gasteiger partial charge in [-0.3, -0.25) is 10.1 Å². The van der Waals surface area contributed by atoms with Crippen molar-refractivity contribution in [3.8, 4) is 0 Å². The Bertz CT molecular complexity index is 404. The van der Waals surface area contributed by atoms with Gasteiger partial charge in [-0.05, 0) is 45.2 Å². The highest BCUT2D eigenvalue weighted by atomic mass is 127. The Balaban J connectivity index is 2.90. The van der Waals surface area contributed by atoms with Gasteiger partial charge in [-0.25, -0.2) is 0 Å². The monoisotopic (exact) mass is 464 g/mol. The van der Waals surface area contributed by atoms with E-state index in [1.54, 1.807) is 0 Å². The maximum Gasteiger partial charge on any atom is 0.271 e. The van der Waals surface area contributed by atoms with Crippen LogP contribution in [0.1, 0.15) is 0 Å². The van der Waals surface area contributed by atoms with Gasteiger partial charge in [0, 0.05) is 25.8 Å². The predicted molar refractivity (Wildman–Crippen MR) is 80.1 cm³/mol. The van der Waals surface area contributed by atoms with E-state index in [1.165, 1.54) is 12.1 Å². The molecule has 0 aliphatic heterocycles. The van der Waals surface area contributed by atoms with Crippen LogP contribution in [0.25, 0.3) is 0 Å². The molecule has 6 nitrogen and oxygen atoms in total. The van der Waals surface area contributed by atoms with Crippen LogP contribution in [0.4, 0.5) is 11.4 Å². The molecular formula is C9H10I2N2O4. The zero-order valence-corrected chi connectivity index (χ0v) is 12.9. The average molecular weight is 464 g/mol. The van der Waals surface area contributed by atoms with Gasteiger partial charge in [0.2, 0.25) is 0 Å². The Kier molecular flexibility index (Phi) is 5.82. The van der Waals surface area contributed by atoms with Gasteiger partial charge in [0.25, 0.3) is 5.69 Å². The number of aliphatic hydroxyl groups is 2. The molecule has 0 aliphatic carbocycles. The molecule has 0 aromatic heterocycles. The fourth-order valence-electron chi connectivity index (χ4n) is 1.12. The minimum absolute atomic E-state index is 0.0343. The molecule has 0 aliphatic rings. The summed E-state index contributed by atoms with van der Waals surface area (Å²) < 4.78 is 1.40. The van der Waals surface area contributed by atoms with Crippen LogP contribution in [-0.2, 0) is 0 Å². The van der Waals surface area contributed by atoms with Gasteiger partial charge in [-0.2, -0.15) is 0 Å². The minimum Gasteiger partial charge on any atom is -0.394 e. The molecule has 1 aromatic rings. The molecule has 94 valence electrons. The summed E-state index contributed by atoms with van der Waals surface area (Å²) in [4.78, 5) is 10.2. The molecule has 1 rings (SSSR count). The number of nitro groups is 1. The first-order valence-electron chi connectivity index (χ1n) is 4.62. The largest absolute Gasteiger partial charge is 0.394 e. The normalized spacial score (nSPS) is 12.2. The second-order valence-electron chi connectivity index (χ2n) is 3.26. The molecule has 0 fully saturated rings. The molecule has 0 bridgehead atoms. The Morgan fingerprint density at radius 2 is 1.94 bits per heavy atom. The van der Waals surface area contributed by atoms with Crippen molar-refractivity contribution in [1.82, 2.24) is 0 Å². The van der Waals surface area contributed by atoms with Gasteiger partial charge in [0.05, 0.1) is 23.3 Å². The third-order valence-corrected chi connectivity index (χ3v) is 3.66. The van der Waals surface area contributed by atoms with Crippen molar-refractivity contribution in [2.45, 2.75) is 6.10 Å². The number of hydrogen-bond donors (Lipinski definition) is 3. The van der Waals surface area contributed by atoms with Crippen molar-refractivity contribution < 1.29 is 15.1 Å². The Morgan fingerprint density at radius 1 is 1.41 bits per heavy atom. The average Bonchev–Trinajstić information content (AvgIpc) is 2.27. The maximum atomic E-state index is 10.6. The van der Waals surface area contributed by atoms with Crippen LogP contribution in [0.5, 0.6) is 0 Å². The number of aliphatic hydroxyl groups excluding tert-OH is 2. The summed E-state index contributed by atoms with van der Waals surface area (Å²) in [6.07, 6.45) is -0.850. The summed E-state index contributed by atoms with van der Waals surface area (Å²) in [5.41, 5.74) is 0.761. The molecule has 0 saturated heterocycles. The molecule has 0 radical (unpaired) electrons. The van der Waals surface area contributed by atoms with E-state index < -0.39 is 11.0 Å². The van der Waals surface area contributed by atoms with Crippen LogP contribution in [-0.4, -0.2) is 34.4 Å². The molecule has 1 unspecified atom stereocenters. The molecule has 0 amide bonds. The van der Waals surface area contributed by atoms with Crippen LogP contribution in [0, 0.1) is 17.3 Å². The lowest BCUT2D eigenvalue weighted by Gasteiger charge is -2.13. The zero-order chi connectivity index (χ0) is 13.0. The summed E-state index contributed by atoms with van der Waals surface area (Å²) >= 11 is 3.98. The highest BCUT2D eigenvalue weighted by Gasteiger charge is 2.14. The Labute approximate surface area is 125 Å². The van der Waals surface area contributed by atoms with Gasteiger partial charge in [0.15, 0.2) is 0 Å². The lowest BCUT2D eigenvalue weighted by Crippen LogP contribution is -2.23. The van der Waals surface area contributed by atoms with Gasteiger partial charge < -0.3 is 15.5 Å². The summed E-state index contributed by atoms with van der Waals surface area (Å²) in [7, 11) is 0. The summed E-state index contributed by atoms with van der Waals surface area (Å²) in [5.74, 6) is 0. The van der Waals surface area contributed by atoms with Crippen molar-refractivity contribution in [2.24, 2.45) is 0 Å². The predicted octanol–water partition coefficient (Wildman–Crippen LogP) is 1.57. The van der Waals surface area contributed by atoms with Gasteiger partial charge in [0.1, 0.15) is 0 Å². The van der Waals surface area contributed by atoms with E-state index in [-0.39, 0.29) is 18.8 Å². The Hall–Kier alpha value is -0.200. The van der Waals surface area contributed by atoms with Crippen molar-refractivity contribution in [1.29, 1.82) is 0 Å². The van der Waals surface area contributed by atoms with Gasteiger partial charge in [-0.15, -0.1) is 0 Å². The zero-order valence-electron chi connectivity index (χ0n) is 8.56. The lowest BCUT2D eigenvalue weighted by molar-refractivity contribution is -0.385. The molecule has 17 heavy (non-hydrogen) atoms. The number of nitrogens with one attached hydrogen (secondary N) is 1. The van der Waals surface area contributed by atoms with E-state index in [1.807, 2.05) is 45.2 Å². The molecule has 8 heteroatoms. The topological polar surface area (TPSA) is 95.6 Å². The van der Waals surface area contributed by atoms with E-state index in [0.29, 0.717) is 7.14 Å². The molecule has 0 saturated carbocycles. The number of hydrogen-bond acceptors (Lipinski definition) is 5. The lowest BCUT2D eigenvalue weighted by atomic mass is 10.2. The number of rotatable bonds is 5. The van der Waals surface area contributed by atoms with Crippen molar-refractivity contribution in [3.05, 3.63) is 29.4 Å². The number of nitro benzene ring substituents is 1. The van der Waals surface area contributed by atoms with Gasteiger partial charge in [-0.1, -0.05) is 0 Å². The Morgan fingerprint density at radius 3 is 2.35 bits per heavy atom. The minimum atomic E-state index is -0.850. The first-order chi connectivity index (χ1) is 7.95. The fourth-order valence-corrected chi connectivity index (χ4v) is 3.24. The van der Waals surface area contributed by atoms with Crippen molar-refractivity contribution in [2.75, 3.05) is 18.5 Å². The van der Waals surface area contributed by atoms with Crippen LogP contribution in [0.3, 0.4) is 0 Å². The molecular weight excluding hydrogens is 454 g/mol. The number of benzene rings is 1. The number of non-ortho nitro benzene ring substituents is 1. The van der Waals surface area contributed by atoms with Crippen molar-refractivity contribution >= 4 is 56.6 Å². The van der Waals surface area contributed by atoms with E-state index in [0.717, 1.165) is 5.69 Å². The van der Waals surface area contributed by atoms with Crippen LogP contribution >= 0.6 is 45.2 Å². The third-order valence-electron chi connectivity index (χ3n) is 1.96. The van der Waals surface area contributed by atoms with E-state index in [9.17, 15) is 15.2 Å². The summed E-state index contributed by atoms with van der Waals surface area (Å²) in [6, 6.07) is 2.91. The van der Waals surface area contributed by atoms with Crippen LogP contribution < -0.4 is 5.32 Å². The van der Waals surface area contributed by atoms with Crippen molar-refractivity contribution in [3.63, 3.8) is 0 Å². The first kappa shape index (κ1) is 14.9. The standard InChI is InChI=1S/C9H10I2N2O4/c10-7-1-5(13(16)17)2-8(11)9(7)12-3-6(15)4-14/h1-2,6,12,14-15H,3-4H2. The first-order valence-corrected chi connectivity index (χ1v) is 6.77. The van der Waals surface area contributed by atoms with Crippen LogP contribution in [0.15, 0.2) is 12.1 Å². The molecule has 0 spiro atoms. The molecule has 3 N–H and O–H groups in total. The highest BCUT2D eigenvalue weighted by molar-refractivity contribution is 14.1. The summed E-state index contributed by atoms with van der Waals surface area (Å²) in [6.45, 7) is -0.131. The van der Waals surface area contributed by atoms with E-state index in [2.05, 4.69) is 5.32 Å². The molecule has 1 atom stereocenters.